The summed E-state index contributed by atoms with van der Waals surface area (Å²) in [5, 5.41) is 8.86. The number of rotatable bonds is 5. The maximum Gasteiger partial charge on any atom is 0.354 e. The van der Waals surface area contributed by atoms with Crippen molar-refractivity contribution < 1.29 is 14.6 Å². The van der Waals surface area contributed by atoms with E-state index < -0.39 is 5.97 Å². The average molecular weight is 257 g/mol. The first-order chi connectivity index (χ1) is 9.16. The summed E-state index contributed by atoms with van der Waals surface area (Å²) in [5.74, 6) is -1.03. The van der Waals surface area contributed by atoms with Crippen molar-refractivity contribution in [1.82, 2.24) is 4.98 Å². The number of aromatic carboxylic acids is 1. The van der Waals surface area contributed by atoms with Gasteiger partial charge in [0.1, 0.15) is 5.69 Å². The smallest absolute Gasteiger partial charge is 0.354 e. The van der Waals surface area contributed by atoms with Gasteiger partial charge in [-0.25, -0.2) is 9.78 Å². The zero-order valence-corrected chi connectivity index (χ0v) is 10.6. The van der Waals surface area contributed by atoms with Crippen LogP contribution in [0.4, 0.5) is 0 Å². The predicted molar refractivity (Wildman–Crippen MR) is 70.8 cm³/mol. The molecule has 1 atom stereocenters. The second-order valence-electron chi connectivity index (χ2n) is 4.22. The van der Waals surface area contributed by atoms with Crippen LogP contribution in [0.1, 0.15) is 34.6 Å². The SMILES string of the molecule is CC(OCc1ccnc(C(=O)O)c1)c1ccccc1. The maximum absolute atomic E-state index is 10.8. The topological polar surface area (TPSA) is 59.4 Å². The van der Waals surface area contributed by atoms with Gasteiger partial charge in [-0.15, -0.1) is 0 Å². The predicted octanol–water partition coefficient (Wildman–Crippen LogP) is 3.06. The molecule has 2 rings (SSSR count). The van der Waals surface area contributed by atoms with Crippen molar-refractivity contribution in [2.45, 2.75) is 19.6 Å². The fraction of sp³-hybridized carbons (Fsp3) is 0.200. The molecule has 19 heavy (non-hydrogen) atoms. The molecule has 2 aromatic rings. The first kappa shape index (κ1) is 13.2. The van der Waals surface area contributed by atoms with Crippen LogP contribution in [-0.2, 0) is 11.3 Å². The number of pyridine rings is 1. The van der Waals surface area contributed by atoms with Crippen LogP contribution >= 0.6 is 0 Å². The highest BCUT2D eigenvalue weighted by molar-refractivity contribution is 5.85. The molecule has 4 heteroatoms. The molecule has 0 aliphatic rings. The minimum Gasteiger partial charge on any atom is -0.477 e. The van der Waals surface area contributed by atoms with Crippen molar-refractivity contribution in [2.75, 3.05) is 0 Å². The summed E-state index contributed by atoms with van der Waals surface area (Å²) in [6.07, 6.45) is 1.44. The molecule has 0 aliphatic heterocycles. The first-order valence-electron chi connectivity index (χ1n) is 6.01. The van der Waals surface area contributed by atoms with E-state index in [-0.39, 0.29) is 11.8 Å². The van der Waals surface area contributed by atoms with Crippen molar-refractivity contribution in [1.29, 1.82) is 0 Å². The van der Waals surface area contributed by atoms with E-state index in [0.717, 1.165) is 11.1 Å². The van der Waals surface area contributed by atoms with Gasteiger partial charge in [-0.3, -0.25) is 0 Å². The number of hydrogen-bond donors (Lipinski definition) is 1. The third kappa shape index (κ3) is 3.63. The van der Waals surface area contributed by atoms with E-state index in [2.05, 4.69) is 4.98 Å². The van der Waals surface area contributed by atoms with Gasteiger partial charge in [0.05, 0.1) is 12.7 Å². The average Bonchev–Trinajstić information content (AvgIpc) is 2.46. The number of nitrogens with zero attached hydrogens (tertiary/aromatic N) is 1. The van der Waals surface area contributed by atoms with Crippen molar-refractivity contribution >= 4 is 5.97 Å². The summed E-state index contributed by atoms with van der Waals surface area (Å²) < 4.78 is 5.73. The van der Waals surface area contributed by atoms with E-state index in [0.29, 0.717) is 6.61 Å². The summed E-state index contributed by atoms with van der Waals surface area (Å²) in [5.41, 5.74) is 1.93. The molecule has 0 spiro atoms. The van der Waals surface area contributed by atoms with Crippen molar-refractivity contribution in [3.05, 3.63) is 65.5 Å². The lowest BCUT2D eigenvalue weighted by atomic mass is 10.1. The molecule has 0 bridgehead atoms. The Morgan fingerprint density at radius 2 is 2.05 bits per heavy atom. The Morgan fingerprint density at radius 1 is 1.32 bits per heavy atom. The van der Waals surface area contributed by atoms with E-state index in [1.54, 1.807) is 6.07 Å². The fourth-order valence-electron chi connectivity index (χ4n) is 1.72. The Kier molecular flexibility index (Phi) is 4.26. The van der Waals surface area contributed by atoms with Crippen LogP contribution in [0, 0.1) is 0 Å². The van der Waals surface area contributed by atoms with Crippen molar-refractivity contribution in [2.24, 2.45) is 0 Å². The lowest BCUT2D eigenvalue weighted by Crippen LogP contribution is -2.04. The quantitative estimate of drug-likeness (QED) is 0.894. The highest BCUT2D eigenvalue weighted by Gasteiger charge is 2.08. The van der Waals surface area contributed by atoms with Crippen LogP contribution in [0.5, 0.6) is 0 Å². The Balaban J connectivity index is 1.99. The second-order valence-corrected chi connectivity index (χ2v) is 4.22. The molecule has 1 unspecified atom stereocenters. The van der Waals surface area contributed by atoms with E-state index in [1.807, 2.05) is 37.3 Å². The monoisotopic (exact) mass is 257 g/mol. The standard InChI is InChI=1S/C15H15NO3/c1-11(13-5-3-2-4-6-13)19-10-12-7-8-16-14(9-12)15(17)18/h2-9,11H,10H2,1H3,(H,17,18). The third-order valence-corrected chi connectivity index (χ3v) is 2.81. The summed E-state index contributed by atoms with van der Waals surface area (Å²) in [4.78, 5) is 14.6. The summed E-state index contributed by atoms with van der Waals surface area (Å²) in [6, 6.07) is 13.2. The highest BCUT2D eigenvalue weighted by Crippen LogP contribution is 2.18. The van der Waals surface area contributed by atoms with Gasteiger partial charge in [-0.1, -0.05) is 30.3 Å². The number of carboxylic acid groups (broad SMARTS) is 1. The summed E-state index contributed by atoms with van der Waals surface area (Å²) in [7, 11) is 0. The zero-order chi connectivity index (χ0) is 13.7. The molecule has 0 fully saturated rings. The van der Waals surface area contributed by atoms with Gasteiger partial charge < -0.3 is 9.84 Å². The molecular weight excluding hydrogens is 242 g/mol. The minimum atomic E-state index is -1.03. The van der Waals surface area contributed by atoms with Gasteiger partial charge in [0.25, 0.3) is 0 Å². The number of ether oxygens (including phenoxy) is 1. The largest absolute Gasteiger partial charge is 0.477 e. The maximum atomic E-state index is 10.8. The molecule has 0 amide bonds. The number of hydrogen-bond acceptors (Lipinski definition) is 3. The summed E-state index contributed by atoms with van der Waals surface area (Å²) >= 11 is 0. The number of aromatic nitrogens is 1. The number of carbonyl (C=O) groups is 1. The molecule has 1 N–H and O–H groups in total. The molecule has 0 radical (unpaired) electrons. The molecule has 0 aliphatic carbocycles. The van der Waals surface area contributed by atoms with Crippen LogP contribution in [0.2, 0.25) is 0 Å². The molecule has 4 nitrogen and oxygen atoms in total. The minimum absolute atomic E-state index is 0.0356. The second kappa shape index (κ2) is 6.11. The Labute approximate surface area is 111 Å². The molecule has 0 saturated heterocycles. The lowest BCUT2D eigenvalue weighted by molar-refractivity contribution is 0.0523. The van der Waals surface area contributed by atoms with Gasteiger partial charge >= 0.3 is 5.97 Å². The Bertz CT molecular complexity index is 554. The molecule has 1 heterocycles. The van der Waals surface area contributed by atoms with E-state index in [1.165, 1.54) is 12.3 Å². The molecule has 0 saturated carbocycles. The Morgan fingerprint density at radius 3 is 2.74 bits per heavy atom. The molecule has 1 aromatic heterocycles. The number of benzene rings is 1. The fourth-order valence-corrected chi connectivity index (χ4v) is 1.72. The van der Waals surface area contributed by atoms with Gasteiger partial charge in [-0.05, 0) is 30.2 Å². The van der Waals surface area contributed by atoms with Crippen LogP contribution in [0.15, 0.2) is 48.7 Å². The van der Waals surface area contributed by atoms with Gasteiger partial charge in [-0.2, -0.15) is 0 Å². The van der Waals surface area contributed by atoms with Crippen molar-refractivity contribution in [3.63, 3.8) is 0 Å². The van der Waals surface area contributed by atoms with Crippen LogP contribution in [-0.4, -0.2) is 16.1 Å². The van der Waals surface area contributed by atoms with Crippen LogP contribution in [0.25, 0.3) is 0 Å². The van der Waals surface area contributed by atoms with Gasteiger partial charge in [0.2, 0.25) is 0 Å². The third-order valence-electron chi connectivity index (χ3n) is 2.81. The number of carboxylic acids is 1. The van der Waals surface area contributed by atoms with E-state index >= 15 is 0 Å². The molecule has 1 aromatic carbocycles. The molecular formula is C15H15NO3. The highest BCUT2D eigenvalue weighted by atomic mass is 16.5. The molecule has 98 valence electrons. The Hall–Kier alpha value is -2.20. The van der Waals surface area contributed by atoms with Gasteiger partial charge in [0.15, 0.2) is 0 Å². The lowest BCUT2D eigenvalue weighted by Gasteiger charge is -2.13. The zero-order valence-electron chi connectivity index (χ0n) is 10.6. The van der Waals surface area contributed by atoms with E-state index in [4.69, 9.17) is 9.84 Å². The van der Waals surface area contributed by atoms with Crippen LogP contribution in [0.3, 0.4) is 0 Å². The van der Waals surface area contributed by atoms with Crippen LogP contribution < -0.4 is 0 Å². The van der Waals surface area contributed by atoms with Gasteiger partial charge in [0, 0.05) is 6.20 Å². The van der Waals surface area contributed by atoms with Crippen molar-refractivity contribution in [3.8, 4) is 0 Å². The summed E-state index contributed by atoms with van der Waals surface area (Å²) in [6.45, 7) is 2.33. The first-order valence-corrected chi connectivity index (χ1v) is 6.01. The van der Waals surface area contributed by atoms with E-state index in [9.17, 15) is 4.79 Å². The normalized spacial score (nSPS) is 12.1.